The lowest BCUT2D eigenvalue weighted by atomic mass is 9.57. The van der Waals surface area contributed by atoms with E-state index in [4.69, 9.17) is 14.2 Å². The maximum Gasteiger partial charge on any atom is 0.333 e. The quantitative estimate of drug-likeness (QED) is 0.555. The molecule has 1 saturated carbocycles. The lowest BCUT2D eigenvalue weighted by Crippen LogP contribution is -2.59. The SMILES string of the molecule is C=C[C@H]1[C@H]2CO[C@@]3(OC)C(=O)[C@@H]1C=C(C(=O)OC)[C@@H]23. The normalized spacial score (nSPS) is 43.1. The van der Waals surface area contributed by atoms with Gasteiger partial charge in [-0.25, -0.2) is 4.79 Å². The topological polar surface area (TPSA) is 61.8 Å². The lowest BCUT2D eigenvalue weighted by molar-refractivity contribution is -0.218. The number of allylic oxidation sites excluding steroid dienone is 2. The van der Waals surface area contributed by atoms with Crippen LogP contribution in [0.3, 0.4) is 0 Å². The van der Waals surface area contributed by atoms with Gasteiger partial charge in [0.25, 0.3) is 0 Å². The minimum atomic E-state index is -1.31. The molecular weight excluding hydrogens is 248 g/mol. The summed E-state index contributed by atoms with van der Waals surface area (Å²) >= 11 is 0. The monoisotopic (exact) mass is 264 g/mol. The number of methoxy groups -OCH3 is 2. The largest absolute Gasteiger partial charge is 0.466 e. The molecule has 0 aromatic heterocycles. The molecule has 19 heavy (non-hydrogen) atoms. The molecule has 0 aromatic rings. The molecule has 0 amide bonds. The van der Waals surface area contributed by atoms with Crippen molar-refractivity contribution in [2.75, 3.05) is 20.8 Å². The smallest absolute Gasteiger partial charge is 0.333 e. The standard InChI is InChI=1S/C14H16O5/c1-4-7-8-5-9(13(16)17-2)11-10(7)6-19-14(11,18-3)12(8)15/h4-5,7-8,10-11H,1,6H2,2-3H3/t7-,8-,10-,11+,14-/m1/s1. The zero-order chi connectivity index (χ0) is 13.8. The molecule has 0 spiro atoms. The summed E-state index contributed by atoms with van der Waals surface area (Å²) in [5.74, 6) is -2.62. The van der Waals surface area contributed by atoms with E-state index in [-0.39, 0.29) is 17.6 Å². The zero-order valence-electron chi connectivity index (χ0n) is 10.9. The van der Waals surface area contributed by atoms with Crippen LogP contribution >= 0.6 is 0 Å². The number of carbonyl (C=O) groups excluding carboxylic acids is 2. The average molecular weight is 264 g/mol. The van der Waals surface area contributed by atoms with Crippen molar-refractivity contribution in [3.63, 3.8) is 0 Å². The van der Waals surface area contributed by atoms with E-state index in [0.717, 1.165) is 0 Å². The summed E-state index contributed by atoms with van der Waals surface area (Å²) in [6.07, 6.45) is 3.48. The summed E-state index contributed by atoms with van der Waals surface area (Å²) in [5.41, 5.74) is 0.495. The van der Waals surface area contributed by atoms with Gasteiger partial charge in [0.1, 0.15) is 0 Å². The Morgan fingerprint density at radius 1 is 1.58 bits per heavy atom. The number of Topliss-reactive ketones (excluding diaryl/α,β-unsaturated/α-hetero) is 1. The van der Waals surface area contributed by atoms with Gasteiger partial charge in [0.05, 0.1) is 19.6 Å². The molecule has 0 N–H and O–H groups in total. The van der Waals surface area contributed by atoms with Crippen LogP contribution in [0.2, 0.25) is 0 Å². The van der Waals surface area contributed by atoms with Gasteiger partial charge in [-0.3, -0.25) is 4.79 Å². The van der Waals surface area contributed by atoms with Crippen LogP contribution in [-0.4, -0.2) is 38.4 Å². The minimum Gasteiger partial charge on any atom is -0.466 e. The van der Waals surface area contributed by atoms with Gasteiger partial charge in [0.15, 0.2) is 5.78 Å². The highest BCUT2D eigenvalue weighted by Crippen LogP contribution is 2.57. The molecule has 0 aromatic carbocycles. The number of hydrogen-bond acceptors (Lipinski definition) is 5. The first kappa shape index (κ1) is 12.6. The number of rotatable bonds is 3. The fourth-order valence-corrected chi connectivity index (χ4v) is 3.76. The van der Waals surface area contributed by atoms with Crippen LogP contribution in [0.4, 0.5) is 0 Å². The fraction of sp³-hybridized carbons (Fsp3) is 0.571. The number of ether oxygens (including phenoxy) is 3. The van der Waals surface area contributed by atoms with Crippen molar-refractivity contribution in [2.24, 2.45) is 23.7 Å². The van der Waals surface area contributed by atoms with E-state index in [1.165, 1.54) is 14.2 Å². The molecule has 4 aliphatic rings. The molecule has 2 fully saturated rings. The zero-order valence-corrected chi connectivity index (χ0v) is 10.9. The molecule has 102 valence electrons. The van der Waals surface area contributed by atoms with Crippen LogP contribution < -0.4 is 0 Å². The van der Waals surface area contributed by atoms with E-state index in [0.29, 0.717) is 12.2 Å². The predicted octanol–water partition coefficient (Wildman–Crippen LogP) is 0.706. The van der Waals surface area contributed by atoms with E-state index in [1.54, 1.807) is 12.2 Å². The number of carbonyl (C=O) groups is 2. The second-order valence-electron chi connectivity index (χ2n) is 5.14. The summed E-state index contributed by atoms with van der Waals surface area (Å²) in [4.78, 5) is 24.4. The van der Waals surface area contributed by atoms with Crippen molar-refractivity contribution in [1.29, 1.82) is 0 Å². The average Bonchev–Trinajstić information content (AvgIpc) is 2.81. The van der Waals surface area contributed by atoms with Gasteiger partial charge in [-0.05, 0) is 5.92 Å². The van der Waals surface area contributed by atoms with Crippen molar-refractivity contribution in [3.8, 4) is 0 Å². The number of esters is 1. The maximum absolute atomic E-state index is 12.5. The first-order chi connectivity index (χ1) is 9.10. The first-order valence-electron chi connectivity index (χ1n) is 6.26. The Morgan fingerprint density at radius 3 is 2.89 bits per heavy atom. The summed E-state index contributed by atoms with van der Waals surface area (Å²) in [6, 6.07) is 0. The molecule has 5 heteroatoms. The molecule has 5 nitrogen and oxygen atoms in total. The van der Waals surface area contributed by atoms with Crippen molar-refractivity contribution >= 4 is 11.8 Å². The highest BCUT2D eigenvalue weighted by molar-refractivity contribution is 6.00. The second kappa shape index (κ2) is 4.02. The number of ketones is 1. The van der Waals surface area contributed by atoms with Gasteiger partial charge in [-0.15, -0.1) is 6.58 Å². The van der Waals surface area contributed by atoms with Crippen LogP contribution in [0.1, 0.15) is 0 Å². The molecule has 0 radical (unpaired) electrons. The van der Waals surface area contributed by atoms with Gasteiger partial charge >= 0.3 is 5.97 Å². The van der Waals surface area contributed by atoms with Crippen molar-refractivity contribution in [3.05, 3.63) is 24.3 Å². The summed E-state index contributed by atoms with van der Waals surface area (Å²) in [6.45, 7) is 4.19. The Kier molecular flexibility index (Phi) is 2.66. The Morgan fingerprint density at radius 2 is 2.32 bits per heavy atom. The molecule has 4 bridgehead atoms. The Bertz CT molecular complexity index is 494. The molecule has 1 aliphatic heterocycles. The Hall–Kier alpha value is -1.46. The van der Waals surface area contributed by atoms with E-state index < -0.39 is 23.6 Å². The second-order valence-corrected chi connectivity index (χ2v) is 5.14. The third-order valence-electron chi connectivity index (χ3n) is 4.57. The molecule has 3 aliphatic carbocycles. The van der Waals surface area contributed by atoms with Crippen LogP contribution in [0.5, 0.6) is 0 Å². The van der Waals surface area contributed by atoms with E-state index in [1.807, 2.05) is 0 Å². The molecule has 1 saturated heterocycles. The predicted molar refractivity (Wildman–Crippen MR) is 65.0 cm³/mol. The Labute approximate surface area is 111 Å². The van der Waals surface area contributed by atoms with Crippen molar-refractivity contribution in [2.45, 2.75) is 5.79 Å². The van der Waals surface area contributed by atoms with Gasteiger partial charge < -0.3 is 14.2 Å². The summed E-state index contributed by atoms with van der Waals surface area (Å²) in [7, 11) is 2.78. The van der Waals surface area contributed by atoms with Crippen LogP contribution in [0.25, 0.3) is 0 Å². The summed E-state index contributed by atoms with van der Waals surface area (Å²) < 4.78 is 15.8. The van der Waals surface area contributed by atoms with Gasteiger partial charge in [-0.2, -0.15) is 0 Å². The van der Waals surface area contributed by atoms with Crippen molar-refractivity contribution in [1.82, 2.24) is 0 Å². The van der Waals surface area contributed by atoms with E-state index in [2.05, 4.69) is 6.58 Å². The summed E-state index contributed by atoms with van der Waals surface area (Å²) in [5, 5.41) is 0. The van der Waals surface area contributed by atoms with Crippen molar-refractivity contribution < 1.29 is 23.8 Å². The minimum absolute atomic E-state index is 0.00307. The maximum atomic E-state index is 12.5. The molecule has 4 rings (SSSR count). The highest BCUT2D eigenvalue weighted by atomic mass is 16.7. The van der Waals surface area contributed by atoms with Gasteiger partial charge in [-0.1, -0.05) is 12.2 Å². The molecular formula is C14H16O5. The van der Waals surface area contributed by atoms with Crippen LogP contribution in [-0.2, 0) is 23.8 Å². The van der Waals surface area contributed by atoms with Crippen LogP contribution in [0, 0.1) is 23.7 Å². The lowest BCUT2D eigenvalue weighted by Gasteiger charge is -2.47. The third kappa shape index (κ3) is 1.32. The molecule has 5 atom stereocenters. The van der Waals surface area contributed by atoms with Gasteiger partial charge in [0.2, 0.25) is 5.79 Å². The van der Waals surface area contributed by atoms with E-state index >= 15 is 0 Å². The van der Waals surface area contributed by atoms with Crippen LogP contribution in [0.15, 0.2) is 24.3 Å². The fourth-order valence-electron chi connectivity index (χ4n) is 3.76. The third-order valence-corrected chi connectivity index (χ3v) is 4.57. The van der Waals surface area contributed by atoms with E-state index in [9.17, 15) is 9.59 Å². The first-order valence-corrected chi connectivity index (χ1v) is 6.26. The Balaban J connectivity index is 2.15. The van der Waals surface area contributed by atoms with Gasteiger partial charge in [0, 0.05) is 24.5 Å². The highest BCUT2D eigenvalue weighted by Gasteiger charge is 2.68. The molecule has 1 heterocycles. The number of hydrogen-bond donors (Lipinski definition) is 0. The molecule has 0 unspecified atom stereocenters.